The zero-order chi connectivity index (χ0) is 29.6. The number of aryl methyl sites for hydroxylation is 1. The lowest BCUT2D eigenvalue weighted by Gasteiger charge is -2.43. The third-order valence-corrected chi connectivity index (χ3v) is 7.56. The van der Waals surface area contributed by atoms with Crippen LogP contribution in [0, 0.1) is 18.7 Å². The summed E-state index contributed by atoms with van der Waals surface area (Å²) in [4.78, 5) is 56.6. The summed E-state index contributed by atoms with van der Waals surface area (Å²) in [6, 6.07) is 7.07. The van der Waals surface area contributed by atoms with Crippen LogP contribution in [-0.2, 0) is 15.8 Å². The van der Waals surface area contributed by atoms with E-state index in [1.165, 1.54) is 16.8 Å². The van der Waals surface area contributed by atoms with Gasteiger partial charge in [0.15, 0.2) is 0 Å². The summed E-state index contributed by atoms with van der Waals surface area (Å²) in [5.74, 6) is -3.67. The number of alkyl halides is 3. The van der Waals surface area contributed by atoms with E-state index in [1.807, 2.05) is 19.1 Å². The predicted molar refractivity (Wildman–Crippen MR) is 138 cm³/mol. The lowest BCUT2D eigenvalue weighted by Crippen LogP contribution is -2.60. The van der Waals surface area contributed by atoms with E-state index in [-0.39, 0.29) is 31.8 Å². The van der Waals surface area contributed by atoms with Crippen LogP contribution in [0.25, 0.3) is 0 Å². The molecule has 0 aliphatic carbocycles. The van der Waals surface area contributed by atoms with Crippen molar-refractivity contribution < 1.29 is 36.7 Å². The lowest BCUT2D eigenvalue weighted by atomic mass is 9.85. The summed E-state index contributed by atoms with van der Waals surface area (Å²) < 4.78 is 53.6. The van der Waals surface area contributed by atoms with Gasteiger partial charge in [0, 0.05) is 25.8 Å². The minimum atomic E-state index is -4.78. The molecule has 0 saturated carbocycles. The Morgan fingerprint density at radius 3 is 2.15 bits per heavy atom. The normalized spacial score (nSPS) is 18.1. The van der Waals surface area contributed by atoms with Crippen LogP contribution in [0.3, 0.4) is 0 Å². The van der Waals surface area contributed by atoms with Crippen molar-refractivity contribution in [1.29, 1.82) is 0 Å². The highest BCUT2D eigenvalue weighted by atomic mass is 19.4. The van der Waals surface area contributed by atoms with Crippen molar-refractivity contribution in [3.63, 3.8) is 0 Å². The van der Waals surface area contributed by atoms with Gasteiger partial charge in [0.25, 0.3) is 11.8 Å². The number of nitrogens with zero attached hydrogens (tertiary/aromatic N) is 3. The van der Waals surface area contributed by atoms with E-state index in [2.05, 4.69) is 5.32 Å². The minimum Gasteiger partial charge on any atom is -0.341 e. The van der Waals surface area contributed by atoms with Gasteiger partial charge in [0.1, 0.15) is 17.4 Å². The molecule has 0 radical (unpaired) electrons. The summed E-state index contributed by atoms with van der Waals surface area (Å²) >= 11 is 0. The quantitative estimate of drug-likeness (QED) is 0.433. The van der Waals surface area contributed by atoms with E-state index in [4.69, 9.17) is 0 Å². The molecule has 214 valence electrons. The second-order valence-corrected chi connectivity index (χ2v) is 10.6. The van der Waals surface area contributed by atoms with Crippen LogP contribution in [0.5, 0.6) is 0 Å². The average Bonchev–Trinajstić information content (AvgIpc) is 3.07. The molecule has 1 N–H and O–H groups in total. The van der Waals surface area contributed by atoms with Crippen molar-refractivity contribution in [2.75, 3.05) is 25.0 Å². The van der Waals surface area contributed by atoms with Gasteiger partial charge < -0.3 is 10.2 Å². The molecule has 2 aromatic rings. The monoisotopic (exact) mass is 562 g/mol. The Labute approximate surface area is 228 Å². The fourth-order valence-corrected chi connectivity index (χ4v) is 5.22. The fourth-order valence-electron chi connectivity index (χ4n) is 5.22. The van der Waals surface area contributed by atoms with Crippen LogP contribution in [0.1, 0.15) is 48.2 Å². The molecule has 1 spiro atoms. The zero-order valence-electron chi connectivity index (χ0n) is 22.5. The third-order valence-electron chi connectivity index (χ3n) is 7.56. The first-order chi connectivity index (χ1) is 18.7. The van der Waals surface area contributed by atoms with E-state index < -0.39 is 58.5 Å². The van der Waals surface area contributed by atoms with Crippen LogP contribution in [0.15, 0.2) is 42.5 Å². The van der Waals surface area contributed by atoms with Crippen molar-refractivity contribution in [1.82, 2.24) is 15.1 Å². The predicted octanol–water partition coefficient (Wildman–Crippen LogP) is 4.37. The molecule has 2 aromatic carbocycles. The van der Waals surface area contributed by atoms with Gasteiger partial charge in [-0.2, -0.15) is 13.2 Å². The third kappa shape index (κ3) is 5.14. The molecule has 12 heteroatoms. The molecule has 8 nitrogen and oxygen atoms in total. The van der Waals surface area contributed by atoms with E-state index >= 15 is 0 Å². The van der Waals surface area contributed by atoms with Crippen LogP contribution in [0.2, 0.25) is 0 Å². The number of anilines is 1. The Morgan fingerprint density at radius 1 is 1.00 bits per heavy atom. The number of rotatable bonds is 5. The zero-order valence-corrected chi connectivity index (χ0v) is 22.5. The van der Waals surface area contributed by atoms with E-state index in [1.54, 1.807) is 26.0 Å². The van der Waals surface area contributed by atoms with Crippen LogP contribution in [-0.4, -0.2) is 65.3 Å². The van der Waals surface area contributed by atoms with Gasteiger partial charge in [-0.05, 0) is 56.0 Å². The summed E-state index contributed by atoms with van der Waals surface area (Å²) in [5.41, 5.74) is -1.65. The molecule has 0 bridgehead atoms. The van der Waals surface area contributed by atoms with Gasteiger partial charge in [0.05, 0.1) is 11.1 Å². The first-order valence-electron chi connectivity index (χ1n) is 12.8. The molecule has 1 atom stereocenters. The number of benzene rings is 2. The largest absolute Gasteiger partial charge is 0.416 e. The van der Waals surface area contributed by atoms with Crippen molar-refractivity contribution >= 4 is 29.4 Å². The molecule has 2 aliphatic rings. The van der Waals surface area contributed by atoms with E-state index in [0.29, 0.717) is 23.9 Å². The maximum absolute atomic E-state index is 14.3. The standard InChI is InChI=1S/C28H30F4N4O4/c1-16(2)22(33-23(37)20-15-18(28(30,31)32)7-10-21(20)29)24(38)35-13-11-27(12-14-35)25(39)34(4)26(40)36(27)19-8-5-17(3)6-9-19/h5-10,15-16,22H,11-14H2,1-4H3,(H,33,37)/t22-/m1/s1. The number of likely N-dealkylation sites (tertiary alicyclic amines) is 1. The number of piperidine rings is 1. The van der Waals surface area contributed by atoms with Crippen molar-refractivity contribution in [3.05, 3.63) is 65.0 Å². The highest BCUT2D eigenvalue weighted by Gasteiger charge is 2.58. The molecular formula is C28H30F4N4O4. The van der Waals surface area contributed by atoms with Gasteiger partial charge in [-0.25, -0.2) is 9.18 Å². The van der Waals surface area contributed by atoms with Crippen LogP contribution >= 0.6 is 0 Å². The highest BCUT2D eigenvalue weighted by molar-refractivity contribution is 6.16. The van der Waals surface area contributed by atoms with E-state index in [0.717, 1.165) is 10.5 Å². The first kappa shape index (κ1) is 29.0. The number of urea groups is 1. The van der Waals surface area contributed by atoms with Crippen LogP contribution in [0.4, 0.5) is 28.0 Å². The number of amides is 5. The molecule has 2 aliphatic heterocycles. The van der Waals surface area contributed by atoms with Crippen molar-refractivity contribution in [3.8, 4) is 0 Å². The van der Waals surface area contributed by atoms with Crippen molar-refractivity contribution in [2.45, 2.75) is 51.4 Å². The number of imide groups is 1. The number of hydrogen-bond acceptors (Lipinski definition) is 4. The molecule has 2 saturated heterocycles. The molecule has 2 heterocycles. The molecule has 0 unspecified atom stereocenters. The maximum Gasteiger partial charge on any atom is 0.416 e. The topological polar surface area (TPSA) is 90.0 Å². The molecular weight excluding hydrogens is 532 g/mol. The minimum absolute atomic E-state index is 0.0884. The second kappa shape index (κ2) is 10.5. The SMILES string of the molecule is Cc1ccc(N2C(=O)N(C)C(=O)C23CCN(C(=O)[C@H](NC(=O)c2cc(C(F)(F)F)ccc2F)C(C)C)CC3)cc1. The molecule has 5 amide bonds. The summed E-state index contributed by atoms with van der Waals surface area (Å²) in [7, 11) is 1.41. The van der Waals surface area contributed by atoms with Crippen molar-refractivity contribution in [2.24, 2.45) is 5.92 Å². The van der Waals surface area contributed by atoms with Crippen LogP contribution < -0.4 is 10.2 Å². The highest BCUT2D eigenvalue weighted by Crippen LogP contribution is 2.40. The fraction of sp³-hybridized carbons (Fsp3) is 0.429. The number of carbonyl (C=O) groups excluding carboxylic acids is 4. The Morgan fingerprint density at radius 2 is 1.60 bits per heavy atom. The van der Waals surface area contributed by atoms with Gasteiger partial charge in [-0.1, -0.05) is 31.5 Å². The number of carbonyl (C=O) groups is 4. The number of nitrogens with one attached hydrogen (secondary N) is 1. The van der Waals surface area contributed by atoms with Gasteiger partial charge in [-0.15, -0.1) is 0 Å². The summed E-state index contributed by atoms with van der Waals surface area (Å²) in [6.07, 6.45) is -4.50. The second-order valence-electron chi connectivity index (χ2n) is 10.6. The molecule has 40 heavy (non-hydrogen) atoms. The number of halogens is 4. The first-order valence-corrected chi connectivity index (χ1v) is 12.8. The number of hydrogen-bond donors (Lipinski definition) is 1. The smallest absolute Gasteiger partial charge is 0.341 e. The molecule has 2 fully saturated rings. The Kier molecular flexibility index (Phi) is 7.66. The molecule has 4 rings (SSSR count). The molecule has 0 aromatic heterocycles. The Hall–Kier alpha value is -3.96. The Balaban J connectivity index is 1.53. The average molecular weight is 563 g/mol. The lowest BCUT2D eigenvalue weighted by molar-refractivity contribution is -0.139. The van der Waals surface area contributed by atoms with Gasteiger partial charge in [-0.3, -0.25) is 24.2 Å². The summed E-state index contributed by atoms with van der Waals surface area (Å²) in [6.45, 7) is 5.36. The Bertz CT molecular complexity index is 1330. The van der Waals surface area contributed by atoms with E-state index in [9.17, 15) is 36.7 Å². The number of likely N-dealkylation sites (N-methyl/N-ethyl adjacent to an activating group) is 1. The maximum atomic E-state index is 14.3. The summed E-state index contributed by atoms with van der Waals surface area (Å²) in [5, 5.41) is 2.40. The van der Waals surface area contributed by atoms with Gasteiger partial charge in [0.2, 0.25) is 5.91 Å². The van der Waals surface area contributed by atoms with Gasteiger partial charge >= 0.3 is 12.2 Å².